The molecule has 2 N–H and O–H groups in total. The van der Waals surface area contributed by atoms with Crippen molar-refractivity contribution in [2.45, 2.75) is 39.9 Å². The van der Waals surface area contributed by atoms with Crippen LogP contribution < -0.4 is 15.5 Å². The molecule has 1 aromatic heterocycles. The van der Waals surface area contributed by atoms with Crippen LogP contribution in [0.5, 0.6) is 0 Å². The highest BCUT2D eigenvalue weighted by atomic mass is 16.1. The number of amides is 1. The minimum absolute atomic E-state index is 0.113. The van der Waals surface area contributed by atoms with Crippen molar-refractivity contribution in [3.8, 4) is 0 Å². The number of fused-ring (bicyclic) bond motifs is 2. The first-order valence-electron chi connectivity index (χ1n) is 10.1. The molecule has 5 rings (SSSR count). The predicted octanol–water partition coefficient (Wildman–Crippen LogP) is 4.09. The van der Waals surface area contributed by atoms with E-state index in [9.17, 15) is 4.79 Å². The van der Waals surface area contributed by atoms with Crippen molar-refractivity contribution in [2.24, 2.45) is 0 Å². The Hall–Kier alpha value is -3.28. The van der Waals surface area contributed by atoms with Crippen molar-refractivity contribution in [1.29, 1.82) is 0 Å². The molecule has 1 amide bonds. The topological polar surface area (TPSA) is 62.2 Å². The minimum Gasteiger partial charge on any atom is -0.368 e. The average Bonchev–Trinajstić information content (AvgIpc) is 3.33. The molecule has 3 heterocycles. The van der Waals surface area contributed by atoms with Gasteiger partial charge in [-0.1, -0.05) is 18.2 Å². The monoisotopic (exact) mass is 387 g/mol. The van der Waals surface area contributed by atoms with E-state index in [-0.39, 0.29) is 5.91 Å². The van der Waals surface area contributed by atoms with Crippen molar-refractivity contribution in [3.63, 3.8) is 0 Å². The van der Waals surface area contributed by atoms with Gasteiger partial charge in [-0.15, -0.1) is 0 Å². The first-order valence-corrected chi connectivity index (χ1v) is 10.1. The third kappa shape index (κ3) is 3.24. The maximum atomic E-state index is 12.9. The molecule has 0 spiro atoms. The zero-order valence-electron chi connectivity index (χ0n) is 16.8. The van der Waals surface area contributed by atoms with Gasteiger partial charge in [0.1, 0.15) is 11.5 Å². The molecule has 29 heavy (non-hydrogen) atoms. The molecule has 0 saturated heterocycles. The molecule has 148 valence electrons. The molecule has 0 bridgehead atoms. The number of hydrogen-bond acceptors (Lipinski definition) is 4. The molecule has 2 aliphatic heterocycles. The van der Waals surface area contributed by atoms with E-state index in [1.165, 1.54) is 22.3 Å². The highest BCUT2D eigenvalue weighted by molar-refractivity contribution is 6.06. The van der Waals surface area contributed by atoms with Crippen LogP contribution in [0.15, 0.2) is 42.6 Å². The maximum absolute atomic E-state index is 12.9. The molecule has 0 aliphatic carbocycles. The summed E-state index contributed by atoms with van der Waals surface area (Å²) >= 11 is 0. The number of nitrogens with zero attached hydrogens (tertiary/aromatic N) is 3. The van der Waals surface area contributed by atoms with E-state index >= 15 is 0 Å². The molecule has 0 atom stereocenters. The lowest BCUT2D eigenvalue weighted by Crippen LogP contribution is -2.20. The zero-order chi connectivity index (χ0) is 20.0. The summed E-state index contributed by atoms with van der Waals surface area (Å²) in [7, 11) is 0. The van der Waals surface area contributed by atoms with E-state index in [4.69, 9.17) is 0 Å². The van der Waals surface area contributed by atoms with Gasteiger partial charge in [-0.3, -0.25) is 4.79 Å². The second-order valence-electron chi connectivity index (χ2n) is 7.98. The van der Waals surface area contributed by atoms with Crippen molar-refractivity contribution < 1.29 is 4.79 Å². The molecule has 6 nitrogen and oxygen atoms in total. The van der Waals surface area contributed by atoms with E-state index in [1.807, 2.05) is 22.9 Å². The molecular formula is C23H25N5O. The second-order valence-corrected chi connectivity index (χ2v) is 7.98. The van der Waals surface area contributed by atoms with Crippen LogP contribution in [0.3, 0.4) is 0 Å². The second kappa shape index (κ2) is 6.95. The molecule has 6 heteroatoms. The molecule has 3 aromatic rings. The number of aryl methyl sites for hydroxylation is 3. The van der Waals surface area contributed by atoms with Gasteiger partial charge in [0.15, 0.2) is 0 Å². The number of anilines is 3. The van der Waals surface area contributed by atoms with Crippen molar-refractivity contribution >= 4 is 23.1 Å². The summed E-state index contributed by atoms with van der Waals surface area (Å²) in [4.78, 5) is 15.2. The summed E-state index contributed by atoms with van der Waals surface area (Å²) in [5.74, 6) is 0.778. The third-order valence-corrected chi connectivity index (χ3v) is 5.94. The van der Waals surface area contributed by atoms with E-state index in [1.54, 1.807) is 6.20 Å². The van der Waals surface area contributed by atoms with Gasteiger partial charge in [0.25, 0.3) is 5.91 Å². The summed E-state index contributed by atoms with van der Waals surface area (Å²) in [6, 6.07) is 12.4. The lowest BCUT2D eigenvalue weighted by Gasteiger charge is -2.19. The predicted molar refractivity (Wildman–Crippen MR) is 116 cm³/mol. The summed E-state index contributed by atoms with van der Waals surface area (Å²) < 4.78 is 1.90. The fourth-order valence-electron chi connectivity index (χ4n) is 4.19. The number of benzene rings is 2. The molecule has 0 fully saturated rings. The van der Waals surface area contributed by atoms with Crippen LogP contribution in [0.4, 0.5) is 17.2 Å². The maximum Gasteiger partial charge on any atom is 0.255 e. The van der Waals surface area contributed by atoms with Crippen molar-refractivity contribution in [1.82, 2.24) is 9.78 Å². The van der Waals surface area contributed by atoms with Gasteiger partial charge < -0.3 is 15.5 Å². The van der Waals surface area contributed by atoms with Gasteiger partial charge in [0.05, 0.1) is 6.20 Å². The van der Waals surface area contributed by atoms with E-state index in [0.29, 0.717) is 5.56 Å². The van der Waals surface area contributed by atoms with Gasteiger partial charge in [-0.25, -0.2) is 4.68 Å². The Kier molecular flexibility index (Phi) is 4.27. The summed E-state index contributed by atoms with van der Waals surface area (Å²) in [6.45, 7) is 7.85. The fourth-order valence-corrected chi connectivity index (χ4v) is 4.19. The summed E-state index contributed by atoms with van der Waals surface area (Å²) in [6.07, 6.45) is 2.76. The summed E-state index contributed by atoms with van der Waals surface area (Å²) in [5.41, 5.74) is 7.87. The quantitative estimate of drug-likeness (QED) is 0.711. The van der Waals surface area contributed by atoms with Crippen LogP contribution in [-0.2, 0) is 19.6 Å². The van der Waals surface area contributed by atoms with Crippen LogP contribution >= 0.6 is 0 Å². The van der Waals surface area contributed by atoms with Crippen molar-refractivity contribution in [3.05, 3.63) is 70.4 Å². The standard InChI is InChI=1S/C23H25N5O/c1-15-9-18-13-27(14-19(18)10-16(15)2)20-6-3-5-17(11-20)23(29)26-21-12-25-28-8-4-7-24-22(21)28/h3,5-6,9-12,24H,4,7-8,13-14H2,1-2H3,(H,26,29). The summed E-state index contributed by atoms with van der Waals surface area (Å²) in [5, 5.41) is 10.7. The number of carbonyl (C=O) groups excluding carboxylic acids is 1. The third-order valence-electron chi connectivity index (χ3n) is 5.94. The Morgan fingerprint density at radius 2 is 1.86 bits per heavy atom. The van der Waals surface area contributed by atoms with E-state index in [0.717, 1.165) is 49.8 Å². The Balaban J connectivity index is 1.35. The van der Waals surface area contributed by atoms with Gasteiger partial charge in [-0.2, -0.15) is 5.10 Å². The number of hydrogen-bond donors (Lipinski definition) is 2. The molecule has 2 aliphatic rings. The van der Waals surface area contributed by atoms with E-state index < -0.39 is 0 Å². The molecule has 2 aromatic carbocycles. The zero-order valence-corrected chi connectivity index (χ0v) is 16.8. The van der Waals surface area contributed by atoms with Crippen LogP contribution in [0, 0.1) is 13.8 Å². The largest absolute Gasteiger partial charge is 0.368 e. The van der Waals surface area contributed by atoms with Gasteiger partial charge >= 0.3 is 0 Å². The average molecular weight is 387 g/mol. The van der Waals surface area contributed by atoms with Crippen LogP contribution in [0.1, 0.15) is 39.0 Å². The normalized spacial score (nSPS) is 14.9. The van der Waals surface area contributed by atoms with Gasteiger partial charge in [0.2, 0.25) is 0 Å². The SMILES string of the molecule is Cc1cc2c(cc1C)CN(c1cccc(C(=O)Nc3cnn4c3NCCC4)c1)C2. The van der Waals surface area contributed by atoms with Gasteiger partial charge in [-0.05, 0) is 60.7 Å². The minimum atomic E-state index is -0.113. The Labute approximate surface area is 170 Å². The Morgan fingerprint density at radius 1 is 1.10 bits per heavy atom. The van der Waals surface area contributed by atoms with Crippen LogP contribution in [0.2, 0.25) is 0 Å². The first kappa shape index (κ1) is 17.8. The number of nitrogens with one attached hydrogen (secondary N) is 2. The first-order chi connectivity index (χ1) is 14.1. The highest BCUT2D eigenvalue weighted by Crippen LogP contribution is 2.31. The molecular weight excluding hydrogens is 362 g/mol. The number of aromatic nitrogens is 2. The van der Waals surface area contributed by atoms with Crippen LogP contribution in [0.25, 0.3) is 0 Å². The number of rotatable bonds is 3. The highest BCUT2D eigenvalue weighted by Gasteiger charge is 2.21. The lowest BCUT2D eigenvalue weighted by atomic mass is 10.0. The Bertz CT molecular complexity index is 1070. The van der Waals surface area contributed by atoms with Crippen LogP contribution in [-0.4, -0.2) is 22.2 Å². The lowest BCUT2D eigenvalue weighted by molar-refractivity contribution is 0.102. The fraction of sp³-hybridized carbons (Fsp3) is 0.304. The Morgan fingerprint density at radius 3 is 2.62 bits per heavy atom. The van der Waals surface area contributed by atoms with Crippen molar-refractivity contribution in [2.75, 3.05) is 22.1 Å². The smallest absolute Gasteiger partial charge is 0.255 e. The molecule has 0 unspecified atom stereocenters. The van der Waals surface area contributed by atoms with Gasteiger partial charge in [0, 0.05) is 37.4 Å². The molecule has 0 saturated carbocycles. The molecule has 0 radical (unpaired) electrons. The van der Waals surface area contributed by atoms with E-state index in [2.05, 4.69) is 52.7 Å². The number of carbonyl (C=O) groups is 1.